The second kappa shape index (κ2) is 10.4. The molecule has 4 nitrogen and oxygen atoms in total. The molecule has 4 aromatic rings. The van der Waals surface area contributed by atoms with Gasteiger partial charge in [0, 0.05) is 22.3 Å². The average molecular weight is 495 g/mol. The summed E-state index contributed by atoms with van der Waals surface area (Å²) < 4.78 is 47.2. The van der Waals surface area contributed by atoms with Crippen LogP contribution in [-0.4, -0.2) is 11.1 Å². The molecule has 36 heavy (non-hydrogen) atoms. The van der Waals surface area contributed by atoms with Gasteiger partial charge >= 0.3 is 5.97 Å². The Morgan fingerprint density at radius 2 is 1.81 bits per heavy atom. The van der Waals surface area contributed by atoms with Crippen LogP contribution in [0.25, 0.3) is 22.3 Å². The van der Waals surface area contributed by atoms with Gasteiger partial charge in [-0.15, -0.1) is 0 Å². The molecule has 0 aliphatic carbocycles. The zero-order valence-electron chi connectivity index (χ0n) is 19.9. The van der Waals surface area contributed by atoms with Gasteiger partial charge in [-0.25, -0.2) is 18.0 Å². The molecule has 0 bridgehead atoms. The summed E-state index contributed by atoms with van der Waals surface area (Å²) >= 11 is 0. The molecule has 186 valence electrons. The quantitative estimate of drug-likeness (QED) is 0.273. The van der Waals surface area contributed by atoms with E-state index in [9.17, 15) is 27.9 Å². The molecule has 7 heteroatoms. The second-order valence-corrected chi connectivity index (χ2v) is 8.94. The number of fused-ring (bicyclic) bond motifs is 1. The molecule has 0 fully saturated rings. The van der Waals surface area contributed by atoms with Crippen molar-refractivity contribution in [1.29, 1.82) is 0 Å². The third-order valence-corrected chi connectivity index (χ3v) is 6.48. The normalized spacial score (nSPS) is 12.3. The molecule has 0 aliphatic rings. The number of aryl methyl sites for hydroxylation is 1. The van der Waals surface area contributed by atoms with E-state index in [1.807, 2.05) is 6.92 Å². The molecule has 0 aliphatic heterocycles. The van der Waals surface area contributed by atoms with Crippen LogP contribution in [0.5, 0.6) is 0 Å². The molecule has 0 amide bonds. The predicted octanol–water partition coefficient (Wildman–Crippen LogP) is 7.67. The minimum atomic E-state index is -2.67. The van der Waals surface area contributed by atoms with Crippen molar-refractivity contribution in [2.24, 2.45) is 0 Å². The summed E-state index contributed by atoms with van der Waals surface area (Å²) in [5.41, 5.74) is 1.63. The van der Waals surface area contributed by atoms with Crippen LogP contribution in [0.3, 0.4) is 0 Å². The highest BCUT2D eigenvalue weighted by atomic mass is 19.3. The number of carbonyl (C=O) groups is 1. The molecule has 4 rings (SSSR count). The predicted molar refractivity (Wildman–Crippen MR) is 132 cm³/mol. The number of carboxylic acids is 1. The van der Waals surface area contributed by atoms with E-state index in [1.165, 1.54) is 31.2 Å². The van der Waals surface area contributed by atoms with Gasteiger partial charge in [0.25, 0.3) is 6.43 Å². The lowest BCUT2D eigenvalue weighted by atomic mass is 9.91. The van der Waals surface area contributed by atoms with Gasteiger partial charge in [0.1, 0.15) is 17.2 Å². The Labute approximate surface area is 206 Å². The van der Waals surface area contributed by atoms with Gasteiger partial charge < -0.3 is 9.52 Å². The first kappa shape index (κ1) is 25.2. The Hall–Kier alpha value is -3.87. The first-order valence-corrected chi connectivity index (χ1v) is 11.6. The van der Waals surface area contributed by atoms with E-state index in [2.05, 4.69) is 0 Å². The Morgan fingerprint density at radius 1 is 1.06 bits per heavy atom. The van der Waals surface area contributed by atoms with Crippen molar-refractivity contribution in [2.75, 3.05) is 0 Å². The third kappa shape index (κ3) is 5.05. The molecule has 1 heterocycles. The zero-order valence-corrected chi connectivity index (χ0v) is 19.9. The van der Waals surface area contributed by atoms with Crippen LogP contribution in [0.2, 0.25) is 0 Å². The van der Waals surface area contributed by atoms with Crippen molar-refractivity contribution >= 4 is 16.9 Å². The van der Waals surface area contributed by atoms with Gasteiger partial charge in [0.05, 0.1) is 10.9 Å². The maximum atomic E-state index is 14.5. The molecule has 1 aromatic heterocycles. The smallest absolute Gasteiger partial charge is 0.335 e. The fourth-order valence-corrected chi connectivity index (χ4v) is 4.54. The SMILES string of the molecule is Cc1c(-c2cccc(C(F)F)c2)oc2c(C(C)CCCc3ccccc3C(=O)O)cc(F)cc2c1=O. The Kier molecular flexibility index (Phi) is 7.29. The summed E-state index contributed by atoms with van der Waals surface area (Å²) in [7, 11) is 0. The van der Waals surface area contributed by atoms with Gasteiger partial charge in [-0.2, -0.15) is 0 Å². The molecule has 0 radical (unpaired) electrons. The Morgan fingerprint density at radius 3 is 2.53 bits per heavy atom. The lowest BCUT2D eigenvalue weighted by molar-refractivity contribution is 0.0695. The minimum Gasteiger partial charge on any atom is -0.478 e. The van der Waals surface area contributed by atoms with Crippen molar-refractivity contribution in [1.82, 2.24) is 0 Å². The summed E-state index contributed by atoms with van der Waals surface area (Å²) in [5.74, 6) is -1.60. The van der Waals surface area contributed by atoms with E-state index in [4.69, 9.17) is 4.42 Å². The molecule has 3 aromatic carbocycles. The van der Waals surface area contributed by atoms with Crippen LogP contribution in [0.1, 0.15) is 64.7 Å². The highest BCUT2D eigenvalue weighted by Crippen LogP contribution is 2.34. The Balaban J connectivity index is 1.70. The number of hydrogen-bond donors (Lipinski definition) is 1. The largest absolute Gasteiger partial charge is 0.478 e. The van der Waals surface area contributed by atoms with Crippen molar-refractivity contribution < 1.29 is 27.5 Å². The number of halogens is 3. The van der Waals surface area contributed by atoms with Crippen LogP contribution >= 0.6 is 0 Å². The van der Waals surface area contributed by atoms with E-state index < -0.39 is 23.6 Å². The number of hydrogen-bond acceptors (Lipinski definition) is 3. The molecule has 0 spiro atoms. The summed E-state index contributed by atoms with van der Waals surface area (Å²) in [6, 6.07) is 14.9. The monoisotopic (exact) mass is 494 g/mol. The van der Waals surface area contributed by atoms with Crippen molar-refractivity contribution in [3.8, 4) is 11.3 Å². The molecule has 1 atom stereocenters. The van der Waals surface area contributed by atoms with Crippen LogP contribution in [-0.2, 0) is 6.42 Å². The highest BCUT2D eigenvalue weighted by Gasteiger charge is 2.20. The highest BCUT2D eigenvalue weighted by molar-refractivity contribution is 5.89. The van der Waals surface area contributed by atoms with Crippen molar-refractivity contribution in [3.63, 3.8) is 0 Å². The molecular formula is C29H25F3O4. The van der Waals surface area contributed by atoms with Crippen molar-refractivity contribution in [2.45, 2.75) is 45.5 Å². The number of carboxylic acid groups (broad SMARTS) is 1. The number of alkyl halides is 2. The van der Waals surface area contributed by atoms with Crippen molar-refractivity contribution in [3.05, 3.63) is 105 Å². The minimum absolute atomic E-state index is 0.0966. The van der Waals surface area contributed by atoms with Crippen LogP contribution < -0.4 is 5.43 Å². The lowest BCUT2D eigenvalue weighted by Gasteiger charge is -2.16. The molecule has 0 saturated heterocycles. The maximum Gasteiger partial charge on any atom is 0.335 e. The fraction of sp³-hybridized carbons (Fsp3) is 0.241. The third-order valence-electron chi connectivity index (χ3n) is 6.48. The van der Waals surface area contributed by atoms with Crippen LogP contribution in [0.15, 0.2) is 69.9 Å². The topological polar surface area (TPSA) is 67.5 Å². The zero-order chi connectivity index (χ0) is 26.0. The van der Waals surface area contributed by atoms with Crippen LogP contribution in [0.4, 0.5) is 13.2 Å². The van der Waals surface area contributed by atoms with E-state index >= 15 is 0 Å². The maximum absolute atomic E-state index is 14.5. The molecule has 1 N–H and O–H groups in total. The van der Waals surface area contributed by atoms with Crippen LogP contribution in [0, 0.1) is 12.7 Å². The fourth-order valence-electron chi connectivity index (χ4n) is 4.54. The number of aromatic carboxylic acids is 1. The van der Waals surface area contributed by atoms with Gasteiger partial charge in [-0.05, 0) is 61.9 Å². The molecular weight excluding hydrogens is 469 g/mol. The van der Waals surface area contributed by atoms with Gasteiger partial charge in [0.2, 0.25) is 0 Å². The first-order valence-electron chi connectivity index (χ1n) is 11.6. The van der Waals surface area contributed by atoms with E-state index in [0.717, 1.165) is 6.07 Å². The average Bonchev–Trinajstić information content (AvgIpc) is 2.86. The summed E-state index contributed by atoms with van der Waals surface area (Å²) in [4.78, 5) is 24.6. The Bertz CT molecular complexity index is 1490. The second-order valence-electron chi connectivity index (χ2n) is 8.94. The van der Waals surface area contributed by atoms with E-state index in [1.54, 1.807) is 30.3 Å². The van der Waals surface area contributed by atoms with Gasteiger partial charge in [0.15, 0.2) is 5.43 Å². The van der Waals surface area contributed by atoms with E-state index in [-0.39, 0.29) is 39.3 Å². The summed E-state index contributed by atoms with van der Waals surface area (Å²) in [6.45, 7) is 3.41. The molecule has 1 unspecified atom stereocenters. The summed E-state index contributed by atoms with van der Waals surface area (Å²) in [6.07, 6.45) is -0.939. The lowest BCUT2D eigenvalue weighted by Crippen LogP contribution is -2.10. The summed E-state index contributed by atoms with van der Waals surface area (Å²) in [5, 5.41) is 9.49. The first-order chi connectivity index (χ1) is 17.2. The standard InChI is InChI=1S/C29H25F3O4/c1-16(7-5-9-18-8-3-4-12-22(18)29(34)35)23-14-21(30)15-24-25(33)17(2)26(36-27(23)24)19-10-6-11-20(13-19)28(31)32/h3-4,6,8,10-16,28H,5,7,9H2,1-2H3,(H,34,35). The number of rotatable bonds is 8. The number of benzene rings is 3. The van der Waals surface area contributed by atoms with E-state index in [0.29, 0.717) is 36.0 Å². The van der Waals surface area contributed by atoms with Gasteiger partial charge in [-0.1, -0.05) is 43.3 Å². The molecule has 0 saturated carbocycles. The van der Waals surface area contributed by atoms with Gasteiger partial charge in [-0.3, -0.25) is 4.79 Å².